The molecule has 0 saturated carbocycles. The zero-order chi connectivity index (χ0) is 11.3. The molecule has 0 radical (unpaired) electrons. The van der Waals surface area contributed by atoms with Gasteiger partial charge in [-0.15, -0.1) is 0 Å². The summed E-state index contributed by atoms with van der Waals surface area (Å²) < 4.78 is 0. The first-order valence-electron chi connectivity index (χ1n) is 5.61. The molecule has 1 N–H and O–H groups in total. The number of rotatable bonds is 5. The first-order chi connectivity index (χ1) is 7.22. The van der Waals surface area contributed by atoms with Crippen molar-refractivity contribution in [2.75, 3.05) is 18.0 Å². The summed E-state index contributed by atoms with van der Waals surface area (Å²) >= 11 is 0. The Bertz CT molecular complexity index is 280. The van der Waals surface area contributed by atoms with E-state index in [1.165, 1.54) is 0 Å². The van der Waals surface area contributed by atoms with Crippen LogP contribution in [0.1, 0.15) is 39.0 Å². The van der Waals surface area contributed by atoms with Crippen molar-refractivity contribution >= 4 is 5.69 Å². The lowest BCUT2D eigenvalue weighted by Crippen LogP contribution is -2.21. The molecule has 15 heavy (non-hydrogen) atoms. The summed E-state index contributed by atoms with van der Waals surface area (Å²) in [6.07, 6.45) is 2.11. The maximum absolute atomic E-state index is 9.60. The molecule has 0 aliphatic heterocycles. The number of aromatic nitrogens is 1. The van der Waals surface area contributed by atoms with Gasteiger partial charge in [0.05, 0.1) is 23.7 Å². The molecule has 3 nitrogen and oxygen atoms in total. The first kappa shape index (κ1) is 12.0. The predicted octanol–water partition coefficient (Wildman–Crippen LogP) is 2.37. The van der Waals surface area contributed by atoms with Crippen LogP contribution in [-0.2, 0) is 0 Å². The van der Waals surface area contributed by atoms with E-state index in [4.69, 9.17) is 0 Å². The van der Waals surface area contributed by atoms with E-state index in [0.29, 0.717) is 6.42 Å². The third-order valence-corrected chi connectivity index (χ3v) is 2.63. The van der Waals surface area contributed by atoms with Crippen LogP contribution >= 0.6 is 0 Å². The van der Waals surface area contributed by atoms with E-state index >= 15 is 0 Å². The second-order valence-electron chi connectivity index (χ2n) is 3.54. The van der Waals surface area contributed by atoms with Crippen molar-refractivity contribution in [3.63, 3.8) is 0 Å². The van der Waals surface area contributed by atoms with Crippen molar-refractivity contribution in [2.45, 2.75) is 33.3 Å². The smallest absolute Gasteiger partial charge is 0.0957 e. The standard InChI is InChI=1S/C12H20N2O/c1-4-12(15)11-8-7-10(9-13-11)14(5-2)6-3/h7-9,12,15H,4-6H2,1-3H3/t12-/m1/s1. The summed E-state index contributed by atoms with van der Waals surface area (Å²) in [5.41, 5.74) is 1.88. The number of anilines is 1. The lowest BCUT2D eigenvalue weighted by molar-refractivity contribution is 0.169. The third kappa shape index (κ3) is 2.93. The fourth-order valence-electron chi connectivity index (χ4n) is 1.58. The molecule has 1 heterocycles. The predicted molar refractivity (Wildman–Crippen MR) is 63.0 cm³/mol. The zero-order valence-electron chi connectivity index (χ0n) is 9.77. The number of hydrogen-bond acceptors (Lipinski definition) is 3. The first-order valence-corrected chi connectivity index (χ1v) is 5.61. The Morgan fingerprint density at radius 3 is 2.33 bits per heavy atom. The molecule has 0 unspecified atom stereocenters. The monoisotopic (exact) mass is 208 g/mol. The minimum Gasteiger partial charge on any atom is -0.387 e. The molecule has 0 bridgehead atoms. The Kier molecular flexibility index (Phi) is 4.56. The van der Waals surface area contributed by atoms with E-state index in [1.807, 2.05) is 25.3 Å². The topological polar surface area (TPSA) is 36.4 Å². The maximum atomic E-state index is 9.60. The molecule has 0 fully saturated rings. The lowest BCUT2D eigenvalue weighted by Gasteiger charge is -2.20. The number of aliphatic hydroxyl groups excluding tert-OH is 1. The SMILES string of the molecule is CC[C@@H](O)c1ccc(N(CC)CC)cn1. The molecule has 0 spiro atoms. The van der Waals surface area contributed by atoms with E-state index in [0.717, 1.165) is 24.5 Å². The molecule has 0 aliphatic carbocycles. The molecule has 1 atom stereocenters. The molecule has 0 amide bonds. The van der Waals surface area contributed by atoms with Crippen LogP contribution in [0.3, 0.4) is 0 Å². The van der Waals surface area contributed by atoms with Crippen molar-refractivity contribution in [3.05, 3.63) is 24.0 Å². The molecule has 1 aromatic heterocycles. The number of aliphatic hydroxyl groups is 1. The van der Waals surface area contributed by atoms with Crippen LogP contribution in [-0.4, -0.2) is 23.2 Å². The highest BCUT2D eigenvalue weighted by atomic mass is 16.3. The Labute approximate surface area is 91.8 Å². The normalized spacial score (nSPS) is 12.5. The largest absolute Gasteiger partial charge is 0.387 e. The van der Waals surface area contributed by atoms with Crippen molar-refractivity contribution < 1.29 is 5.11 Å². The maximum Gasteiger partial charge on any atom is 0.0957 e. The van der Waals surface area contributed by atoms with Crippen LogP contribution in [0.5, 0.6) is 0 Å². The Hall–Kier alpha value is -1.09. The van der Waals surface area contributed by atoms with Crippen LogP contribution < -0.4 is 4.90 Å². The van der Waals surface area contributed by atoms with Crippen LogP contribution in [0.4, 0.5) is 5.69 Å². The molecular weight excluding hydrogens is 188 g/mol. The van der Waals surface area contributed by atoms with Crippen molar-refractivity contribution in [3.8, 4) is 0 Å². The van der Waals surface area contributed by atoms with Gasteiger partial charge in [0.15, 0.2) is 0 Å². The van der Waals surface area contributed by atoms with Crippen LogP contribution in [0.25, 0.3) is 0 Å². The van der Waals surface area contributed by atoms with Crippen molar-refractivity contribution in [2.24, 2.45) is 0 Å². The molecular formula is C12H20N2O. The van der Waals surface area contributed by atoms with E-state index in [2.05, 4.69) is 23.7 Å². The summed E-state index contributed by atoms with van der Waals surface area (Å²) in [5, 5.41) is 9.60. The van der Waals surface area contributed by atoms with Crippen LogP contribution in [0.2, 0.25) is 0 Å². The molecule has 0 aromatic carbocycles. The summed E-state index contributed by atoms with van der Waals surface area (Å²) in [5.74, 6) is 0. The van der Waals surface area contributed by atoms with E-state index in [-0.39, 0.29) is 0 Å². The number of pyridine rings is 1. The fraction of sp³-hybridized carbons (Fsp3) is 0.583. The molecule has 0 aliphatic rings. The highest BCUT2D eigenvalue weighted by Gasteiger charge is 2.07. The van der Waals surface area contributed by atoms with Gasteiger partial charge in [0.25, 0.3) is 0 Å². The average Bonchev–Trinajstić information content (AvgIpc) is 2.30. The van der Waals surface area contributed by atoms with Gasteiger partial charge in [0.1, 0.15) is 0 Å². The summed E-state index contributed by atoms with van der Waals surface area (Å²) in [7, 11) is 0. The zero-order valence-corrected chi connectivity index (χ0v) is 9.77. The van der Waals surface area contributed by atoms with E-state index in [1.54, 1.807) is 0 Å². The molecule has 1 aromatic rings. The molecule has 0 saturated heterocycles. The summed E-state index contributed by atoms with van der Waals surface area (Å²) in [6, 6.07) is 3.93. The van der Waals surface area contributed by atoms with Gasteiger partial charge in [-0.1, -0.05) is 6.92 Å². The van der Waals surface area contributed by atoms with E-state index in [9.17, 15) is 5.11 Å². The van der Waals surface area contributed by atoms with Gasteiger partial charge in [-0.3, -0.25) is 4.98 Å². The second kappa shape index (κ2) is 5.71. The Morgan fingerprint density at radius 1 is 1.27 bits per heavy atom. The van der Waals surface area contributed by atoms with Gasteiger partial charge >= 0.3 is 0 Å². The van der Waals surface area contributed by atoms with Gasteiger partial charge in [0.2, 0.25) is 0 Å². The lowest BCUT2D eigenvalue weighted by atomic mass is 10.2. The van der Waals surface area contributed by atoms with Crippen LogP contribution in [0, 0.1) is 0 Å². The van der Waals surface area contributed by atoms with Crippen molar-refractivity contribution in [1.82, 2.24) is 4.98 Å². The summed E-state index contributed by atoms with van der Waals surface area (Å²) in [6.45, 7) is 8.16. The van der Waals surface area contributed by atoms with Gasteiger partial charge in [-0.25, -0.2) is 0 Å². The van der Waals surface area contributed by atoms with Gasteiger partial charge in [0, 0.05) is 13.1 Å². The minimum absolute atomic E-state index is 0.434. The highest BCUT2D eigenvalue weighted by molar-refractivity contribution is 5.44. The fourth-order valence-corrected chi connectivity index (χ4v) is 1.58. The highest BCUT2D eigenvalue weighted by Crippen LogP contribution is 2.17. The van der Waals surface area contributed by atoms with Crippen LogP contribution in [0.15, 0.2) is 18.3 Å². The third-order valence-electron chi connectivity index (χ3n) is 2.63. The van der Waals surface area contributed by atoms with Gasteiger partial charge in [-0.2, -0.15) is 0 Å². The molecule has 1 rings (SSSR count). The molecule has 3 heteroatoms. The quantitative estimate of drug-likeness (QED) is 0.807. The Balaban J connectivity index is 2.79. The van der Waals surface area contributed by atoms with Crippen molar-refractivity contribution in [1.29, 1.82) is 0 Å². The van der Waals surface area contributed by atoms with Gasteiger partial charge in [-0.05, 0) is 32.4 Å². The number of nitrogens with zero attached hydrogens (tertiary/aromatic N) is 2. The minimum atomic E-state index is -0.434. The van der Waals surface area contributed by atoms with Gasteiger partial charge < -0.3 is 10.0 Å². The Morgan fingerprint density at radius 2 is 1.93 bits per heavy atom. The number of hydrogen-bond donors (Lipinski definition) is 1. The molecule has 84 valence electrons. The summed E-state index contributed by atoms with van der Waals surface area (Å²) in [4.78, 5) is 6.51. The average molecular weight is 208 g/mol. The van der Waals surface area contributed by atoms with E-state index < -0.39 is 6.10 Å². The second-order valence-corrected chi connectivity index (χ2v) is 3.54.